The first-order chi connectivity index (χ1) is 13.5. The van der Waals surface area contributed by atoms with Crippen molar-refractivity contribution < 1.29 is 9.59 Å². The van der Waals surface area contributed by atoms with Crippen LogP contribution in [0.5, 0.6) is 0 Å². The highest BCUT2D eigenvalue weighted by atomic mass is 35.5. The van der Waals surface area contributed by atoms with Crippen LogP contribution in [0, 0.1) is 0 Å². The molecule has 1 aliphatic heterocycles. The normalized spacial score (nSPS) is 19.8. The van der Waals surface area contributed by atoms with Crippen LogP contribution in [0.2, 0.25) is 10.0 Å². The number of nitrogens with zero attached hydrogens (tertiary/aromatic N) is 1. The molecule has 28 heavy (non-hydrogen) atoms. The number of halogens is 2. The monoisotopic (exact) mass is 431 g/mol. The van der Waals surface area contributed by atoms with Crippen molar-refractivity contribution in [3.05, 3.63) is 69.3 Å². The molecule has 0 saturated carbocycles. The average molecular weight is 432 g/mol. The number of carbonyl (C=O) groups is 2. The molecule has 0 N–H and O–H groups in total. The first-order valence-corrected chi connectivity index (χ1v) is 11.2. The standard InChI is InChI=1S/C22H19Cl2NO2S/c1-28-15-8-5-13(6-9-15)16-12-21(27)25(18-10-7-14(23)11-17(18)24)19-3-2-4-20(26)22(16)19/h5-11,16H,2-4,12H2,1H3. The lowest BCUT2D eigenvalue weighted by Gasteiger charge is -2.38. The second-order valence-corrected chi connectivity index (χ2v) is 8.72. The molecule has 0 aromatic heterocycles. The molecule has 2 aromatic rings. The molecule has 6 heteroatoms. The molecule has 0 saturated heterocycles. The lowest BCUT2D eigenvalue weighted by Crippen LogP contribution is -2.40. The number of anilines is 1. The van der Waals surface area contributed by atoms with Gasteiger partial charge in [0.2, 0.25) is 5.91 Å². The molecular weight excluding hydrogens is 413 g/mol. The number of Topliss-reactive ketones (excluding diaryl/α,β-unsaturated/α-hetero) is 1. The maximum Gasteiger partial charge on any atom is 0.232 e. The van der Waals surface area contributed by atoms with E-state index in [2.05, 4.69) is 0 Å². The Morgan fingerprint density at radius 2 is 1.79 bits per heavy atom. The second kappa shape index (κ2) is 7.94. The van der Waals surface area contributed by atoms with Gasteiger partial charge in [0.05, 0.1) is 10.7 Å². The van der Waals surface area contributed by atoms with E-state index in [4.69, 9.17) is 23.2 Å². The number of thioether (sulfide) groups is 1. The lowest BCUT2D eigenvalue weighted by atomic mass is 9.77. The summed E-state index contributed by atoms with van der Waals surface area (Å²) in [5.74, 6) is -0.118. The quantitative estimate of drug-likeness (QED) is 0.539. The molecule has 2 aromatic carbocycles. The van der Waals surface area contributed by atoms with Gasteiger partial charge in [-0.05, 0) is 55.0 Å². The Hall–Kier alpha value is -1.75. The summed E-state index contributed by atoms with van der Waals surface area (Å²) >= 11 is 14.1. The van der Waals surface area contributed by atoms with Gasteiger partial charge >= 0.3 is 0 Å². The fraction of sp³-hybridized carbons (Fsp3) is 0.273. The zero-order valence-electron chi connectivity index (χ0n) is 15.4. The Morgan fingerprint density at radius 1 is 1.04 bits per heavy atom. The smallest absolute Gasteiger partial charge is 0.232 e. The van der Waals surface area contributed by atoms with Crippen molar-refractivity contribution in [3.63, 3.8) is 0 Å². The molecule has 1 atom stereocenters. The predicted molar refractivity (Wildman–Crippen MR) is 115 cm³/mol. The molecule has 4 rings (SSSR count). The van der Waals surface area contributed by atoms with Crippen LogP contribution < -0.4 is 4.90 Å². The van der Waals surface area contributed by atoms with E-state index in [0.29, 0.717) is 28.6 Å². The van der Waals surface area contributed by atoms with E-state index in [0.717, 1.165) is 28.1 Å². The van der Waals surface area contributed by atoms with E-state index in [1.807, 2.05) is 30.5 Å². The minimum absolute atomic E-state index is 0.0448. The van der Waals surface area contributed by atoms with Gasteiger partial charge in [0, 0.05) is 39.9 Å². The molecule has 2 aliphatic rings. The first kappa shape index (κ1) is 19.6. The Kier molecular flexibility index (Phi) is 5.55. The van der Waals surface area contributed by atoms with Crippen LogP contribution in [0.15, 0.2) is 58.6 Å². The molecule has 0 bridgehead atoms. The lowest BCUT2D eigenvalue weighted by molar-refractivity contribution is -0.119. The zero-order chi connectivity index (χ0) is 19.8. The molecule has 0 spiro atoms. The van der Waals surface area contributed by atoms with Gasteiger partial charge in [-0.25, -0.2) is 0 Å². The highest BCUT2D eigenvalue weighted by Crippen LogP contribution is 2.45. The van der Waals surface area contributed by atoms with Crippen molar-refractivity contribution in [2.75, 3.05) is 11.2 Å². The molecule has 144 valence electrons. The van der Waals surface area contributed by atoms with Gasteiger partial charge in [0.1, 0.15) is 0 Å². The van der Waals surface area contributed by atoms with Crippen LogP contribution in [-0.2, 0) is 9.59 Å². The van der Waals surface area contributed by atoms with Gasteiger partial charge in [-0.15, -0.1) is 11.8 Å². The largest absolute Gasteiger partial charge is 0.294 e. The Bertz CT molecular complexity index is 985. The van der Waals surface area contributed by atoms with Crippen molar-refractivity contribution in [1.29, 1.82) is 0 Å². The minimum atomic E-state index is -0.200. The van der Waals surface area contributed by atoms with Gasteiger partial charge < -0.3 is 0 Å². The van der Waals surface area contributed by atoms with Gasteiger partial charge in [-0.2, -0.15) is 0 Å². The van der Waals surface area contributed by atoms with Crippen LogP contribution in [0.1, 0.15) is 37.2 Å². The fourth-order valence-electron chi connectivity index (χ4n) is 4.06. The second-order valence-electron chi connectivity index (χ2n) is 6.99. The molecule has 0 fully saturated rings. The third kappa shape index (κ3) is 3.49. The molecule has 0 radical (unpaired) electrons. The van der Waals surface area contributed by atoms with Crippen LogP contribution in [-0.4, -0.2) is 17.9 Å². The van der Waals surface area contributed by atoms with Crippen molar-refractivity contribution in [2.45, 2.75) is 36.5 Å². The highest BCUT2D eigenvalue weighted by molar-refractivity contribution is 7.98. The van der Waals surface area contributed by atoms with Gasteiger partial charge in [0.25, 0.3) is 0 Å². The number of benzene rings is 2. The fourth-order valence-corrected chi connectivity index (χ4v) is 4.96. The number of hydrogen-bond donors (Lipinski definition) is 0. The maximum absolute atomic E-state index is 13.2. The van der Waals surface area contributed by atoms with E-state index in [1.165, 1.54) is 0 Å². The summed E-state index contributed by atoms with van der Waals surface area (Å²) in [7, 11) is 0. The maximum atomic E-state index is 13.2. The SMILES string of the molecule is CSc1ccc(C2CC(=O)N(c3ccc(Cl)cc3Cl)C3=C2C(=O)CCC3)cc1. The summed E-state index contributed by atoms with van der Waals surface area (Å²) in [5, 5.41) is 0.924. The van der Waals surface area contributed by atoms with Gasteiger partial charge in [-0.1, -0.05) is 35.3 Å². The summed E-state index contributed by atoms with van der Waals surface area (Å²) in [4.78, 5) is 28.9. The summed E-state index contributed by atoms with van der Waals surface area (Å²) in [6.45, 7) is 0. The summed E-state index contributed by atoms with van der Waals surface area (Å²) < 4.78 is 0. The van der Waals surface area contributed by atoms with Crippen LogP contribution in [0.25, 0.3) is 0 Å². The summed E-state index contributed by atoms with van der Waals surface area (Å²) in [6.07, 6.45) is 4.23. The molecule has 1 heterocycles. The van der Waals surface area contributed by atoms with Gasteiger partial charge in [0.15, 0.2) is 5.78 Å². The van der Waals surface area contributed by atoms with Crippen molar-refractivity contribution in [1.82, 2.24) is 0 Å². The number of rotatable bonds is 3. The number of carbonyl (C=O) groups excluding carboxylic acids is 2. The number of amides is 1. The summed E-state index contributed by atoms with van der Waals surface area (Å²) in [5.41, 5.74) is 3.15. The van der Waals surface area contributed by atoms with Crippen molar-refractivity contribution >= 4 is 52.3 Å². The van der Waals surface area contributed by atoms with Crippen molar-refractivity contribution in [3.8, 4) is 0 Å². The van der Waals surface area contributed by atoms with Gasteiger partial charge in [-0.3, -0.25) is 14.5 Å². The Labute approximate surface area is 178 Å². The Morgan fingerprint density at radius 3 is 2.46 bits per heavy atom. The zero-order valence-corrected chi connectivity index (χ0v) is 17.7. The van der Waals surface area contributed by atoms with Crippen LogP contribution in [0.3, 0.4) is 0 Å². The number of ketones is 1. The minimum Gasteiger partial charge on any atom is -0.294 e. The van der Waals surface area contributed by atoms with E-state index < -0.39 is 0 Å². The molecule has 3 nitrogen and oxygen atoms in total. The van der Waals surface area contributed by atoms with Crippen LogP contribution in [0.4, 0.5) is 5.69 Å². The number of allylic oxidation sites excluding steroid dienone is 2. The van der Waals surface area contributed by atoms with E-state index in [1.54, 1.807) is 34.9 Å². The van der Waals surface area contributed by atoms with E-state index in [-0.39, 0.29) is 24.0 Å². The first-order valence-electron chi connectivity index (χ1n) is 9.18. The predicted octanol–water partition coefficient (Wildman–Crippen LogP) is 6.24. The highest BCUT2D eigenvalue weighted by Gasteiger charge is 2.40. The Balaban J connectivity index is 1.84. The average Bonchev–Trinajstić information content (AvgIpc) is 2.68. The summed E-state index contributed by atoms with van der Waals surface area (Å²) in [6, 6.07) is 13.2. The molecule has 1 aliphatic carbocycles. The molecular formula is C22H19Cl2NO2S. The molecule has 1 unspecified atom stereocenters. The molecule has 1 amide bonds. The van der Waals surface area contributed by atoms with Crippen molar-refractivity contribution in [2.24, 2.45) is 0 Å². The third-order valence-electron chi connectivity index (χ3n) is 5.34. The third-order valence-corrected chi connectivity index (χ3v) is 6.63. The van der Waals surface area contributed by atoms with E-state index >= 15 is 0 Å². The number of hydrogen-bond acceptors (Lipinski definition) is 3. The van der Waals surface area contributed by atoms with E-state index in [9.17, 15) is 9.59 Å². The topological polar surface area (TPSA) is 37.4 Å². The van der Waals surface area contributed by atoms with Crippen LogP contribution >= 0.6 is 35.0 Å².